The molecule has 6 nitrogen and oxygen atoms in total. The van der Waals surface area contributed by atoms with E-state index in [0.717, 1.165) is 17.1 Å². The summed E-state index contributed by atoms with van der Waals surface area (Å²) in [5.41, 5.74) is 4.07. The zero-order valence-electron chi connectivity index (χ0n) is 15.4. The highest BCUT2D eigenvalue weighted by molar-refractivity contribution is 7.88. The number of aryl methyl sites for hydroxylation is 1. The molecule has 1 aromatic heterocycles. The lowest BCUT2D eigenvalue weighted by Crippen LogP contribution is -2.15. The molecule has 0 saturated carbocycles. The molecule has 0 radical (unpaired) electrons. The summed E-state index contributed by atoms with van der Waals surface area (Å²) in [5.74, 6) is -0.575. The predicted molar refractivity (Wildman–Crippen MR) is 111 cm³/mol. The van der Waals surface area contributed by atoms with Gasteiger partial charge < -0.3 is 9.88 Å². The Morgan fingerprint density at radius 3 is 2.50 bits per heavy atom. The number of sulfonamides is 1. The smallest absolute Gasteiger partial charge is 0.257 e. The molecule has 146 valence electrons. The number of hydrogen-bond donors (Lipinski definition) is 2. The molecule has 0 bridgehead atoms. The Hall–Kier alpha value is -2.61. The van der Waals surface area contributed by atoms with Crippen molar-refractivity contribution in [2.24, 2.45) is 5.14 Å². The van der Waals surface area contributed by atoms with Crippen molar-refractivity contribution >= 4 is 33.2 Å². The highest BCUT2D eigenvalue weighted by Gasteiger charge is 2.17. The number of hydrogen-bond acceptors (Lipinski definition) is 3. The summed E-state index contributed by atoms with van der Waals surface area (Å²) in [7, 11) is -3.64. The van der Waals surface area contributed by atoms with E-state index in [4.69, 9.17) is 16.7 Å². The lowest BCUT2D eigenvalue weighted by molar-refractivity contribution is 0.102. The molecule has 28 heavy (non-hydrogen) atoms. The van der Waals surface area contributed by atoms with E-state index in [-0.39, 0.29) is 11.7 Å². The number of amides is 1. The maximum atomic E-state index is 12.8. The summed E-state index contributed by atoms with van der Waals surface area (Å²) in [6.07, 6.45) is 0. The summed E-state index contributed by atoms with van der Waals surface area (Å²) in [6, 6.07) is 15.8. The summed E-state index contributed by atoms with van der Waals surface area (Å²) in [6.45, 7) is 3.78. The van der Waals surface area contributed by atoms with Crippen molar-refractivity contribution in [1.82, 2.24) is 4.57 Å². The van der Waals surface area contributed by atoms with Crippen molar-refractivity contribution < 1.29 is 13.2 Å². The average molecular weight is 418 g/mol. The van der Waals surface area contributed by atoms with Gasteiger partial charge in [0.15, 0.2) is 0 Å². The summed E-state index contributed by atoms with van der Waals surface area (Å²) < 4.78 is 24.5. The zero-order valence-corrected chi connectivity index (χ0v) is 17.0. The number of halogens is 1. The standard InChI is InChI=1S/C20H20ClN3O3S/c1-13-9-19(14(2)24(13)18-8-4-6-16(21)11-18)20(25)23-17-7-3-5-15(10-17)12-28(22,26)27/h3-11H,12H2,1-2H3,(H,23,25)(H2,22,26,27). The van der Waals surface area contributed by atoms with Crippen molar-refractivity contribution in [1.29, 1.82) is 0 Å². The Balaban J connectivity index is 1.88. The molecule has 3 aromatic rings. The SMILES string of the molecule is Cc1cc(C(=O)Nc2cccc(CS(N)(=O)=O)c2)c(C)n1-c1cccc(Cl)c1. The Labute approximate surface area is 169 Å². The number of rotatable bonds is 5. The summed E-state index contributed by atoms with van der Waals surface area (Å²) in [4.78, 5) is 12.8. The Morgan fingerprint density at radius 1 is 1.11 bits per heavy atom. The van der Waals surface area contributed by atoms with Gasteiger partial charge in [0.25, 0.3) is 5.91 Å². The number of carbonyl (C=O) groups is 1. The van der Waals surface area contributed by atoms with E-state index < -0.39 is 10.0 Å². The third-order valence-electron chi connectivity index (χ3n) is 4.29. The number of nitrogens with two attached hydrogens (primary N) is 1. The Morgan fingerprint density at radius 2 is 1.82 bits per heavy atom. The van der Waals surface area contributed by atoms with Crippen molar-refractivity contribution in [2.75, 3.05) is 5.32 Å². The molecule has 3 rings (SSSR count). The fraction of sp³-hybridized carbons (Fsp3) is 0.150. The van der Waals surface area contributed by atoms with E-state index in [0.29, 0.717) is 21.8 Å². The molecule has 0 spiro atoms. The molecule has 0 aliphatic heterocycles. The maximum absolute atomic E-state index is 12.8. The van der Waals surface area contributed by atoms with Crippen LogP contribution in [0.2, 0.25) is 5.02 Å². The Bertz CT molecular complexity index is 1150. The first kappa shape index (κ1) is 20.1. The molecule has 3 N–H and O–H groups in total. The van der Waals surface area contributed by atoms with Crippen LogP contribution in [0.25, 0.3) is 5.69 Å². The van der Waals surface area contributed by atoms with Crippen LogP contribution in [-0.2, 0) is 15.8 Å². The molecule has 2 aromatic carbocycles. The van der Waals surface area contributed by atoms with Crippen LogP contribution in [0, 0.1) is 13.8 Å². The number of aromatic nitrogens is 1. The molecule has 1 amide bonds. The molecule has 0 aliphatic carbocycles. The number of nitrogens with one attached hydrogen (secondary N) is 1. The van der Waals surface area contributed by atoms with Gasteiger partial charge in [-0.1, -0.05) is 29.8 Å². The van der Waals surface area contributed by atoms with Gasteiger partial charge in [0.2, 0.25) is 10.0 Å². The number of anilines is 1. The second-order valence-electron chi connectivity index (χ2n) is 6.56. The first-order valence-corrected chi connectivity index (χ1v) is 10.6. The molecule has 0 atom stereocenters. The van der Waals surface area contributed by atoms with Crippen LogP contribution in [0.1, 0.15) is 27.3 Å². The van der Waals surface area contributed by atoms with Crippen LogP contribution >= 0.6 is 11.6 Å². The molecule has 1 heterocycles. The molecule has 0 saturated heterocycles. The first-order valence-electron chi connectivity index (χ1n) is 8.50. The fourth-order valence-corrected chi connectivity index (χ4v) is 4.00. The second-order valence-corrected chi connectivity index (χ2v) is 8.61. The molecular weight excluding hydrogens is 398 g/mol. The molecule has 0 unspecified atom stereocenters. The highest BCUT2D eigenvalue weighted by Crippen LogP contribution is 2.24. The minimum absolute atomic E-state index is 0.283. The third kappa shape index (κ3) is 4.62. The van der Waals surface area contributed by atoms with Crippen molar-refractivity contribution in [3.05, 3.63) is 82.1 Å². The largest absolute Gasteiger partial charge is 0.322 e. The number of nitrogens with zero attached hydrogens (tertiary/aromatic N) is 1. The Kier molecular flexibility index (Phi) is 5.60. The van der Waals surface area contributed by atoms with E-state index in [1.807, 2.05) is 36.6 Å². The van der Waals surface area contributed by atoms with E-state index >= 15 is 0 Å². The maximum Gasteiger partial charge on any atom is 0.257 e. The summed E-state index contributed by atoms with van der Waals surface area (Å²) in [5, 5.41) is 8.52. The van der Waals surface area contributed by atoms with Gasteiger partial charge in [-0.3, -0.25) is 4.79 Å². The third-order valence-corrected chi connectivity index (χ3v) is 5.27. The van der Waals surface area contributed by atoms with Gasteiger partial charge in [-0.05, 0) is 55.8 Å². The highest BCUT2D eigenvalue weighted by atomic mass is 35.5. The first-order chi connectivity index (χ1) is 13.1. The number of carbonyl (C=O) groups excluding carboxylic acids is 1. The van der Waals surface area contributed by atoms with Crippen LogP contribution in [0.5, 0.6) is 0 Å². The fourth-order valence-electron chi connectivity index (χ4n) is 3.17. The van der Waals surface area contributed by atoms with Crippen molar-refractivity contribution in [2.45, 2.75) is 19.6 Å². The topological polar surface area (TPSA) is 94.2 Å². The summed E-state index contributed by atoms with van der Waals surface area (Å²) >= 11 is 6.09. The molecule has 0 aliphatic rings. The molecular formula is C20H20ClN3O3S. The monoisotopic (exact) mass is 417 g/mol. The van der Waals surface area contributed by atoms with Crippen LogP contribution in [-0.4, -0.2) is 18.9 Å². The lowest BCUT2D eigenvalue weighted by Gasteiger charge is -2.11. The quantitative estimate of drug-likeness (QED) is 0.661. The normalized spacial score (nSPS) is 11.4. The lowest BCUT2D eigenvalue weighted by atomic mass is 10.2. The van der Waals surface area contributed by atoms with Gasteiger partial charge >= 0.3 is 0 Å². The second kappa shape index (κ2) is 7.79. The van der Waals surface area contributed by atoms with Gasteiger partial charge in [0, 0.05) is 27.8 Å². The van der Waals surface area contributed by atoms with Gasteiger partial charge in [-0.15, -0.1) is 0 Å². The zero-order chi connectivity index (χ0) is 20.5. The van der Waals surface area contributed by atoms with Crippen LogP contribution < -0.4 is 10.5 Å². The number of primary sulfonamides is 1. The van der Waals surface area contributed by atoms with E-state index in [1.165, 1.54) is 0 Å². The predicted octanol–water partition coefficient (Wildman–Crippen LogP) is 3.79. The van der Waals surface area contributed by atoms with Gasteiger partial charge in [0.1, 0.15) is 0 Å². The van der Waals surface area contributed by atoms with Crippen molar-refractivity contribution in [3.63, 3.8) is 0 Å². The minimum atomic E-state index is -3.64. The molecule has 8 heteroatoms. The van der Waals surface area contributed by atoms with Crippen LogP contribution in [0.4, 0.5) is 5.69 Å². The van der Waals surface area contributed by atoms with Gasteiger partial charge in [0.05, 0.1) is 11.3 Å². The van der Waals surface area contributed by atoms with Crippen molar-refractivity contribution in [3.8, 4) is 5.69 Å². The minimum Gasteiger partial charge on any atom is -0.322 e. The average Bonchev–Trinajstić information content (AvgIpc) is 2.88. The van der Waals surface area contributed by atoms with E-state index in [2.05, 4.69) is 5.32 Å². The van der Waals surface area contributed by atoms with Crippen LogP contribution in [0.15, 0.2) is 54.6 Å². The molecule has 0 fully saturated rings. The van der Waals surface area contributed by atoms with Crippen LogP contribution in [0.3, 0.4) is 0 Å². The van der Waals surface area contributed by atoms with E-state index in [9.17, 15) is 13.2 Å². The van der Waals surface area contributed by atoms with E-state index in [1.54, 1.807) is 36.4 Å². The van der Waals surface area contributed by atoms with Gasteiger partial charge in [-0.25, -0.2) is 13.6 Å². The van der Waals surface area contributed by atoms with Gasteiger partial charge in [-0.2, -0.15) is 0 Å². The number of benzene rings is 2.